The van der Waals surface area contributed by atoms with Gasteiger partial charge in [0.2, 0.25) is 0 Å². The highest BCUT2D eigenvalue weighted by atomic mass is 16.7. The molecule has 0 saturated carbocycles. The van der Waals surface area contributed by atoms with Gasteiger partial charge in [0.15, 0.2) is 6.29 Å². The first-order chi connectivity index (χ1) is 14.7. The second-order valence-electron chi connectivity index (χ2n) is 8.10. The predicted molar refractivity (Wildman–Crippen MR) is 120 cm³/mol. The molecule has 0 bridgehead atoms. The van der Waals surface area contributed by atoms with Crippen molar-refractivity contribution in [2.75, 3.05) is 14.2 Å². The summed E-state index contributed by atoms with van der Waals surface area (Å²) in [6.07, 6.45) is 3.67. The fourth-order valence-corrected chi connectivity index (χ4v) is 4.79. The molecule has 2 atom stereocenters. The molecule has 0 saturated heterocycles. The number of benzene rings is 3. The monoisotopic (exact) mass is 402 g/mol. The Labute approximate surface area is 179 Å². The topological polar surface area (TPSA) is 38.7 Å². The van der Waals surface area contributed by atoms with E-state index in [1.807, 2.05) is 12.1 Å². The number of methoxy groups -OCH3 is 2. The van der Waals surface area contributed by atoms with E-state index in [2.05, 4.69) is 60.7 Å². The van der Waals surface area contributed by atoms with Gasteiger partial charge in [-0.15, -0.1) is 0 Å². The first-order valence-corrected chi connectivity index (χ1v) is 10.7. The number of aryl methyl sites for hydroxylation is 2. The minimum Gasteiger partial charge on any atom is -0.508 e. The molecule has 30 heavy (non-hydrogen) atoms. The lowest BCUT2D eigenvalue weighted by Crippen LogP contribution is -2.20. The molecule has 0 spiro atoms. The van der Waals surface area contributed by atoms with Gasteiger partial charge < -0.3 is 14.6 Å². The summed E-state index contributed by atoms with van der Waals surface area (Å²) in [5, 5.41) is 9.99. The van der Waals surface area contributed by atoms with Crippen LogP contribution < -0.4 is 0 Å². The maximum absolute atomic E-state index is 9.99. The van der Waals surface area contributed by atoms with Gasteiger partial charge in [-0.05, 0) is 65.1 Å². The highest BCUT2D eigenvalue weighted by Gasteiger charge is 2.32. The Morgan fingerprint density at radius 2 is 1.63 bits per heavy atom. The summed E-state index contributed by atoms with van der Waals surface area (Å²) in [4.78, 5) is 0. The van der Waals surface area contributed by atoms with Crippen LogP contribution in [-0.2, 0) is 22.3 Å². The lowest BCUT2D eigenvalue weighted by atomic mass is 9.69. The Kier molecular flexibility index (Phi) is 6.51. The molecule has 3 aromatic carbocycles. The zero-order valence-corrected chi connectivity index (χ0v) is 17.8. The second-order valence-corrected chi connectivity index (χ2v) is 8.10. The predicted octanol–water partition coefficient (Wildman–Crippen LogP) is 5.81. The van der Waals surface area contributed by atoms with E-state index in [9.17, 15) is 5.11 Å². The number of ether oxygens (including phenoxy) is 2. The van der Waals surface area contributed by atoms with Gasteiger partial charge in [-0.1, -0.05) is 60.7 Å². The minimum atomic E-state index is -0.162. The maximum Gasteiger partial charge on any atom is 0.157 e. The van der Waals surface area contributed by atoms with Crippen molar-refractivity contribution in [3.05, 3.63) is 101 Å². The van der Waals surface area contributed by atoms with Gasteiger partial charge in [-0.3, -0.25) is 0 Å². The fraction of sp³-hybridized carbons (Fsp3) is 0.333. The highest BCUT2D eigenvalue weighted by Crippen LogP contribution is 2.46. The number of hydrogen-bond donors (Lipinski definition) is 1. The minimum absolute atomic E-state index is 0.162. The van der Waals surface area contributed by atoms with E-state index in [4.69, 9.17) is 9.47 Å². The SMILES string of the molecule is COC(CCc1ccc([C@H]2c3ccc(O)cc3CC[C@H]2c2ccccc2)cc1)OC. The highest BCUT2D eigenvalue weighted by molar-refractivity contribution is 5.47. The number of fused-ring (bicyclic) bond motifs is 1. The molecule has 3 nitrogen and oxygen atoms in total. The van der Waals surface area contributed by atoms with Gasteiger partial charge in [0.1, 0.15) is 5.75 Å². The fourth-order valence-electron chi connectivity index (χ4n) is 4.79. The molecule has 1 N–H and O–H groups in total. The van der Waals surface area contributed by atoms with Crippen LogP contribution in [0.3, 0.4) is 0 Å². The summed E-state index contributed by atoms with van der Waals surface area (Å²) in [6, 6.07) is 25.7. The largest absolute Gasteiger partial charge is 0.508 e. The quantitative estimate of drug-likeness (QED) is 0.507. The third-order valence-electron chi connectivity index (χ3n) is 6.35. The summed E-state index contributed by atoms with van der Waals surface area (Å²) in [5.74, 6) is 1.07. The molecule has 4 rings (SSSR count). The van der Waals surface area contributed by atoms with Gasteiger partial charge in [0, 0.05) is 26.6 Å². The van der Waals surface area contributed by atoms with Crippen LogP contribution >= 0.6 is 0 Å². The summed E-state index contributed by atoms with van der Waals surface area (Å²) in [6.45, 7) is 0. The van der Waals surface area contributed by atoms with Crippen molar-refractivity contribution in [3.63, 3.8) is 0 Å². The van der Waals surface area contributed by atoms with Crippen molar-refractivity contribution in [2.45, 2.75) is 43.8 Å². The van der Waals surface area contributed by atoms with E-state index < -0.39 is 0 Å². The van der Waals surface area contributed by atoms with E-state index in [-0.39, 0.29) is 12.2 Å². The van der Waals surface area contributed by atoms with E-state index in [0.717, 1.165) is 25.7 Å². The standard InChI is InChI=1S/C27H30O3/c1-29-26(30-2)17-10-19-8-11-21(12-9-19)27-24(20-6-4-3-5-7-20)15-13-22-18-23(28)14-16-25(22)27/h3-9,11-12,14,16,18,24,26-28H,10,13,15,17H2,1-2H3/t24-,27+/m0/s1. The lowest BCUT2D eigenvalue weighted by molar-refractivity contribution is -0.105. The van der Waals surface area contributed by atoms with Crippen molar-refractivity contribution in [2.24, 2.45) is 0 Å². The molecular formula is C27H30O3. The van der Waals surface area contributed by atoms with E-state index >= 15 is 0 Å². The van der Waals surface area contributed by atoms with Crippen molar-refractivity contribution < 1.29 is 14.6 Å². The van der Waals surface area contributed by atoms with Crippen LogP contribution in [0.15, 0.2) is 72.8 Å². The Balaban J connectivity index is 1.65. The second kappa shape index (κ2) is 9.46. The number of aromatic hydroxyl groups is 1. The van der Waals surface area contributed by atoms with Crippen LogP contribution in [0, 0.1) is 0 Å². The summed E-state index contributed by atoms with van der Waals surface area (Å²) >= 11 is 0. The van der Waals surface area contributed by atoms with Crippen LogP contribution in [0.2, 0.25) is 0 Å². The van der Waals surface area contributed by atoms with Gasteiger partial charge in [0.05, 0.1) is 0 Å². The lowest BCUT2D eigenvalue weighted by Gasteiger charge is -2.35. The van der Waals surface area contributed by atoms with Crippen molar-refractivity contribution in [1.29, 1.82) is 0 Å². The Hall–Kier alpha value is -2.62. The Morgan fingerprint density at radius 3 is 2.33 bits per heavy atom. The summed E-state index contributed by atoms with van der Waals surface area (Å²) < 4.78 is 10.6. The molecule has 0 fully saturated rings. The molecule has 0 aliphatic heterocycles. The number of phenolic OH excluding ortho intramolecular Hbond substituents is 1. The van der Waals surface area contributed by atoms with Crippen molar-refractivity contribution in [3.8, 4) is 5.75 Å². The van der Waals surface area contributed by atoms with Crippen molar-refractivity contribution >= 4 is 0 Å². The molecule has 0 radical (unpaired) electrons. The molecule has 0 heterocycles. The smallest absolute Gasteiger partial charge is 0.157 e. The van der Waals surface area contributed by atoms with Gasteiger partial charge in [-0.2, -0.15) is 0 Å². The van der Waals surface area contributed by atoms with E-state index in [1.54, 1.807) is 14.2 Å². The van der Waals surface area contributed by atoms with Gasteiger partial charge in [-0.25, -0.2) is 0 Å². The molecule has 3 aromatic rings. The third kappa shape index (κ3) is 4.43. The molecule has 0 unspecified atom stereocenters. The zero-order valence-electron chi connectivity index (χ0n) is 17.8. The average Bonchev–Trinajstić information content (AvgIpc) is 2.80. The van der Waals surface area contributed by atoms with Gasteiger partial charge in [0.25, 0.3) is 0 Å². The summed E-state index contributed by atoms with van der Waals surface area (Å²) in [5.41, 5.74) is 6.59. The number of rotatable bonds is 7. The first-order valence-electron chi connectivity index (χ1n) is 10.7. The molecule has 1 aliphatic rings. The Bertz CT molecular complexity index is 946. The van der Waals surface area contributed by atoms with Crippen LogP contribution in [0.4, 0.5) is 0 Å². The molecule has 0 amide bonds. The van der Waals surface area contributed by atoms with Crippen molar-refractivity contribution in [1.82, 2.24) is 0 Å². The molecule has 3 heteroatoms. The third-order valence-corrected chi connectivity index (χ3v) is 6.35. The van der Waals surface area contributed by atoms with Crippen LogP contribution in [0.25, 0.3) is 0 Å². The zero-order chi connectivity index (χ0) is 20.9. The van der Waals surface area contributed by atoms with Crippen LogP contribution in [-0.4, -0.2) is 25.6 Å². The first kappa shape index (κ1) is 20.6. The van der Waals surface area contributed by atoms with Crippen LogP contribution in [0.5, 0.6) is 5.75 Å². The van der Waals surface area contributed by atoms with Gasteiger partial charge >= 0.3 is 0 Å². The molecular weight excluding hydrogens is 372 g/mol. The molecule has 156 valence electrons. The molecule has 0 aromatic heterocycles. The molecule has 1 aliphatic carbocycles. The summed E-state index contributed by atoms with van der Waals surface area (Å²) in [7, 11) is 3.36. The Morgan fingerprint density at radius 1 is 0.900 bits per heavy atom. The van der Waals surface area contributed by atoms with Crippen LogP contribution in [0.1, 0.15) is 52.5 Å². The van der Waals surface area contributed by atoms with E-state index in [0.29, 0.717) is 11.7 Å². The average molecular weight is 403 g/mol. The number of hydrogen-bond acceptors (Lipinski definition) is 3. The van der Waals surface area contributed by atoms with E-state index in [1.165, 1.54) is 27.8 Å². The normalized spacial score (nSPS) is 18.4. The number of phenols is 1. The maximum atomic E-state index is 9.99.